The minimum Gasteiger partial charge on any atom is -0.353 e. The molecule has 1 aromatic rings. The topological polar surface area (TPSA) is 58.4 Å². The molecule has 0 spiro atoms. The number of hydrogen-bond donors (Lipinski definition) is 2. The molecule has 116 valence electrons. The second kappa shape index (κ2) is 7.57. The van der Waals surface area contributed by atoms with Crippen LogP contribution >= 0.6 is 0 Å². The summed E-state index contributed by atoms with van der Waals surface area (Å²) in [5.74, 6) is -0.0268. The number of benzene rings is 1. The molecule has 1 aliphatic heterocycles. The van der Waals surface area contributed by atoms with Crippen LogP contribution in [0.5, 0.6) is 0 Å². The fourth-order valence-electron chi connectivity index (χ4n) is 2.84. The number of carbonyl (C=O) groups is 1. The van der Waals surface area contributed by atoms with Crippen molar-refractivity contribution in [2.45, 2.75) is 51.7 Å². The Morgan fingerprint density at radius 1 is 1.38 bits per heavy atom. The van der Waals surface area contributed by atoms with Crippen molar-refractivity contribution in [3.8, 4) is 0 Å². The number of rotatable bonds is 6. The van der Waals surface area contributed by atoms with Gasteiger partial charge in [-0.25, -0.2) is 0 Å². The maximum absolute atomic E-state index is 11.9. The van der Waals surface area contributed by atoms with E-state index in [4.69, 9.17) is 5.73 Å². The van der Waals surface area contributed by atoms with Crippen molar-refractivity contribution in [2.24, 2.45) is 5.73 Å². The highest BCUT2D eigenvalue weighted by Gasteiger charge is 2.21. The van der Waals surface area contributed by atoms with Gasteiger partial charge in [0.15, 0.2) is 0 Å². The molecule has 0 saturated heterocycles. The molecule has 1 aromatic carbocycles. The summed E-state index contributed by atoms with van der Waals surface area (Å²) in [6.07, 6.45) is 2.77. The molecule has 0 bridgehead atoms. The van der Waals surface area contributed by atoms with Crippen LogP contribution in [0.1, 0.15) is 37.8 Å². The molecule has 3 N–H and O–H groups in total. The third kappa shape index (κ3) is 4.29. The predicted octanol–water partition coefficient (Wildman–Crippen LogP) is 1.68. The van der Waals surface area contributed by atoms with E-state index in [1.807, 2.05) is 6.92 Å². The van der Waals surface area contributed by atoms with Crippen molar-refractivity contribution in [1.29, 1.82) is 0 Å². The molecule has 21 heavy (non-hydrogen) atoms. The highest BCUT2D eigenvalue weighted by Crippen LogP contribution is 2.19. The third-order valence-corrected chi connectivity index (χ3v) is 4.29. The Bertz CT molecular complexity index is 475. The first-order valence-corrected chi connectivity index (χ1v) is 7.96. The van der Waals surface area contributed by atoms with Gasteiger partial charge in [0, 0.05) is 25.7 Å². The molecular formula is C17H27N3O. The maximum atomic E-state index is 11.9. The molecule has 0 aromatic heterocycles. The molecule has 2 rings (SSSR count). The summed E-state index contributed by atoms with van der Waals surface area (Å²) < 4.78 is 0. The first-order chi connectivity index (χ1) is 10.1. The second-order valence-corrected chi connectivity index (χ2v) is 5.98. The van der Waals surface area contributed by atoms with Crippen molar-refractivity contribution in [2.75, 3.05) is 13.1 Å². The van der Waals surface area contributed by atoms with Crippen molar-refractivity contribution >= 4 is 5.91 Å². The van der Waals surface area contributed by atoms with Gasteiger partial charge in [0.2, 0.25) is 5.91 Å². The van der Waals surface area contributed by atoms with E-state index in [-0.39, 0.29) is 11.9 Å². The maximum Gasteiger partial charge on any atom is 0.236 e. The van der Waals surface area contributed by atoms with E-state index in [1.54, 1.807) is 0 Å². The first kappa shape index (κ1) is 16.0. The SMILES string of the molecule is CCCC(N)C(=O)NCC(C)N1CCc2ccccc2C1. The number of amides is 1. The number of hydrogen-bond acceptors (Lipinski definition) is 3. The minimum absolute atomic E-state index is 0.0268. The van der Waals surface area contributed by atoms with Crippen molar-refractivity contribution in [1.82, 2.24) is 10.2 Å². The zero-order valence-electron chi connectivity index (χ0n) is 13.1. The summed E-state index contributed by atoms with van der Waals surface area (Å²) in [4.78, 5) is 14.3. The monoisotopic (exact) mass is 289 g/mol. The van der Waals surface area contributed by atoms with E-state index in [0.717, 1.165) is 32.4 Å². The van der Waals surface area contributed by atoms with Crippen LogP contribution in [-0.4, -0.2) is 36.0 Å². The normalized spacial score (nSPS) is 17.9. The number of nitrogens with two attached hydrogens (primary N) is 1. The Labute approximate surface area is 127 Å². The van der Waals surface area contributed by atoms with Crippen LogP contribution in [0.3, 0.4) is 0 Å². The summed E-state index contributed by atoms with van der Waals surface area (Å²) in [6.45, 7) is 6.89. The summed E-state index contributed by atoms with van der Waals surface area (Å²) in [5, 5.41) is 2.98. The van der Waals surface area contributed by atoms with Gasteiger partial charge in [-0.15, -0.1) is 0 Å². The lowest BCUT2D eigenvalue weighted by Crippen LogP contribution is -2.48. The molecule has 4 nitrogen and oxygen atoms in total. The van der Waals surface area contributed by atoms with E-state index in [1.165, 1.54) is 11.1 Å². The highest BCUT2D eigenvalue weighted by molar-refractivity contribution is 5.81. The van der Waals surface area contributed by atoms with E-state index >= 15 is 0 Å². The van der Waals surface area contributed by atoms with Crippen molar-refractivity contribution < 1.29 is 4.79 Å². The van der Waals surface area contributed by atoms with Crippen LogP contribution in [0.2, 0.25) is 0 Å². The molecule has 0 fully saturated rings. The second-order valence-electron chi connectivity index (χ2n) is 5.98. The molecule has 2 atom stereocenters. The lowest BCUT2D eigenvalue weighted by Gasteiger charge is -2.34. The van der Waals surface area contributed by atoms with Gasteiger partial charge < -0.3 is 11.1 Å². The van der Waals surface area contributed by atoms with E-state index in [9.17, 15) is 4.79 Å². The molecule has 2 unspecified atom stereocenters. The van der Waals surface area contributed by atoms with E-state index in [2.05, 4.69) is 41.4 Å². The number of fused-ring (bicyclic) bond motifs is 1. The van der Waals surface area contributed by atoms with Crippen LogP contribution in [0, 0.1) is 0 Å². The van der Waals surface area contributed by atoms with E-state index in [0.29, 0.717) is 12.6 Å². The zero-order chi connectivity index (χ0) is 15.2. The molecule has 1 aliphatic rings. The lowest BCUT2D eigenvalue weighted by atomic mass is 9.99. The van der Waals surface area contributed by atoms with Crippen LogP contribution < -0.4 is 11.1 Å². The average Bonchev–Trinajstić information content (AvgIpc) is 2.52. The fraction of sp³-hybridized carbons (Fsp3) is 0.588. The molecule has 0 radical (unpaired) electrons. The Hall–Kier alpha value is -1.39. The Balaban J connectivity index is 1.82. The Morgan fingerprint density at radius 3 is 2.81 bits per heavy atom. The average molecular weight is 289 g/mol. The molecule has 0 saturated carbocycles. The smallest absolute Gasteiger partial charge is 0.236 e. The molecule has 1 amide bonds. The Kier molecular flexibility index (Phi) is 5.76. The van der Waals surface area contributed by atoms with Gasteiger partial charge in [-0.3, -0.25) is 9.69 Å². The summed E-state index contributed by atoms with van der Waals surface area (Å²) in [6, 6.07) is 8.57. The van der Waals surface area contributed by atoms with Crippen molar-refractivity contribution in [3.63, 3.8) is 0 Å². The van der Waals surface area contributed by atoms with Crippen molar-refractivity contribution in [3.05, 3.63) is 35.4 Å². The van der Waals surface area contributed by atoms with Crippen LogP contribution in [0.25, 0.3) is 0 Å². The summed E-state index contributed by atoms with van der Waals surface area (Å²) in [5.41, 5.74) is 8.69. The van der Waals surface area contributed by atoms with Crippen LogP contribution in [0.4, 0.5) is 0 Å². The summed E-state index contributed by atoms with van der Waals surface area (Å²) >= 11 is 0. The molecule has 4 heteroatoms. The van der Waals surface area contributed by atoms with E-state index < -0.39 is 0 Å². The largest absolute Gasteiger partial charge is 0.353 e. The van der Waals surface area contributed by atoms with Gasteiger partial charge >= 0.3 is 0 Å². The van der Waals surface area contributed by atoms with Gasteiger partial charge in [0.25, 0.3) is 0 Å². The quantitative estimate of drug-likeness (QED) is 0.837. The standard InChI is InChI=1S/C17H27N3O/c1-3-6-16(18)17(21)19-11-13(2)20-10-9-14-7-4-5-8-15(14)12-20/h4-5,7-8,13,16H,3,6,9-12,18H2,1-2H3,(H,19,21). The van der Waals surface area contributed by atoms with Crippen LogP contribution in [0.15, 0.2) is 24.3 Å². The third-order valence-electron chi connectivity index (χ3n) is 4.29. The Morgan fingerprint density at radius 2 is 2.10 bits per heavy atom. The van der Waals surface area contributed by atoms with Crippen LogP contribution in [-0.2, 0) is 17.8 Å². The summed E-state index contributed by atoms with van der Waals surface area (Å²) in [7, 11) is 0. The predicted molar refractivity (Wildman–Crippen MR) is 85.9 cm³/mol. The number of nitrogens with zero attached hydrogens (tertiary/aromatic N) is 1. The number of carbonyl (C=O) groups excluding carboxylic acids is 1. The number of nitrogens with one attached hydrogen (secondary N) is 1. The van der Waals surface area contributed by atoms with Gasteiger partial charge in [-0.2, -0.15) is 0 Å². The lowest BCUT2D eigenvalue weighted by molar-refractivity contribution is -0.122. The molecular weight excluding hydrogens is 262 g/mol. The zero-order valence-corrected chi connectivity index (χ0v) is 13.1. The minimum atomic E-state index is -0.371. The van der Waals surface area contributed by atoms with Gasteiger partial charge in [-0.05, 0) is 30.9 Å². The van der Waals surface area contributed by atoms with Gasteiger partial charge in [0.05, 0.1) is 6.04 Å². The molecule has 1 heterocycles. The van der Waals surface area contributed by atoms with Gasteiger partial charge in [0.1, 0.15) is 0 Å². The first-order valence-electron chi connectivity index (χ1n) is 7.96. The highest BCUT2D eigenvalue weighted by atomic mass is 16.2. The fourth-order valence-corrected chi connectivity index (χ4v) is 2.84. The molecule has 0 aliphatic carbocycles. The van der Waals surface area contributed by atoms with Gasteiger partial charge in [-0.1, -0.05) is 37.6 Å².